The summed E-state index contributed by atoms with van der Waals surface area (Å²) in [6, 6.07) is 15.7. The standard InChI is InChI=1S/C14H17O2PS2/c1-11-3-7-13(8-4-11)19(17(15,16)18)14-9-5-12(2)6-10-14/h3-10,15-16,18H,1-2H3. The molecular weight excluding hydrogens is 295 g/mol. The van der Waals surface area contributed by atoms with Gasteiger partial charge in [0.25, 0.3) is 0 Å². The molecule has 0 aromatic heterocycles. The van der Waals surface area contributed by atoms with E-state index in [1.54, 1.807) is 0 Å². The Kier molecular flexibility index (Phi) is 4.59. The molecule has 0 heterocycles. The Labute approximate surface area is 121 Å². The van der Waals surface area contributed by atoms with E-state index in [2.05, 4.69) is 12.2 Å². The van der Waals surface area contributed by atoms with Gasteiger partial charge in [-0.1, -0.05) is 57.7 Å². The van der Waals surface area contributed by atoms with Gasteiger partial charge in [-0.15, -0.1) is 0 Å². The molecule has 0 spiro atoms. The highest BCUT2D eigenvalue weighted by atomic mass is 32.9. The van der Waals surface area contributed by atoms with Crippen LogP contribution >= 0.6 is 17.9 Å². The van der Waals surface area contributed by atoms with Crippen LogP contribution in [0, 0.1) is 13.8 Å². The molecule has 0 aliphatic rings. The molecule has 2 aromatic carbocycles. The van der Waals surface area contributed by atoms with E-state index in [0.29, 0.717) is 0 Å². The minimum absolute atomic E-state index is 0.799. The first-order chi connectivity index (χ1) is 8.88. The van der Waals surface area contributed by atoms with E-state index >= 15 is 0 Å². The molecule has 0 atom stereocenters. The first-order valence-electron chi connectivity index (χ1n) is 5.83. The zero-order valence-corrected chi connectivity index (χ0v) is 13.4. The third kappa shape index (κ3) is 3.74. The lowest BCUT2D eigenvalue weighted by Crippen LogP contribution is -1.95. The number of benzene rings is 2. The maximum atomic E-state index is 10.1. The second-order valence-corrected chi connectivity index (χ2v) is 12.1. The number of rotatable bonds is 2. The Morgan fingerprint density at radius 2 is 1.11 bits per heavy atom. The fourth-order valence-electron chi connectivity index (χ4n) is 1.75. The Bertz CT molecular complexity index is 572. The third-order valence-electron chi connectivity index (χ3n) is 2.73. The van der Waals surface area contributed by atoms with Gasteiger partial charge in [0, 0.05) is 9.79 Å². The van der Waals surface area contributed by atoms with Gasteiger partial charge in [0.15, 0.2) is 0 Å². The van der Waals surface area contributed by atoms with E-state index in [-0.39, 0.29) is 0 Å². The summed E-state index contributed by atoms with van der Waals surface area (Å²) in [4.78, 5) is 21.9. The van der Waals surface area contributed by atoms with Crippen LogP contribution < -0.4 is 0 Å². The van der Waals surface area contributed by atoms with Crippen LogP contribution in [0.5, 0.6) is 0 Å². The average molecular weight is 312 g/mol. The number of thiol groups is 1. The monoisotopic (exact) mass is 312 g/mol. The molecule has 0 bridgehead atoms. The summed E-state index contributed by atoms with van der Waals surface area (Å²) in [7, 11) is -0.799. The molecule has 2 rings (SSSR count). The van der Waals surface area contributed by atoms with E-state index in [4.69, 9.17) is 0 Å². The molecule has 0 aliphatic heterocycles. The number of hydrogen-bond acceptors (Lipinski definition) is 0. The van der Waals surface area contributed by atoms with Gasteiger partial charge in [-0.25, -0.2) is 0 Å². The molecule has 2 N–H and O–H groups in total. The second-order valence-electron chi connectivity index (χ2n) is 4.42. The summed E-state index contributed by atoms with van der Waals surface area (Å²) in [5, 5.41) is 0. The number of hydrogen-bond donors (Lipinski definition) is 3. The molecule has 0 fully saturated rings. The van der Waals surface area contributed by atoms with Crippen molar-refractivity contribution in [2.45, 2.75) is 23.6 Å². The van der Waals surface area contributed by atoms with Crippen molar-refractivity contribution in [1.82, 2.24) is 0 Å². The fraction of sp³-hybridized carbons (Fsp3) is 0.143. The van der Waals surface area contributed by atoms with Gasteiger partial charge >= 0.3 is 0 Å². The van der Waals surface area contributed by atoms with Crippen LogP contribution in [0.3, 0.4) is 0 Å². The van der Waals surface area contributed by atoms with Gasteiger partial charge in [0.05, 0.1) is 0 Å². The lowest BCUT2D eigenvalue weighted by atomic mass is 10.2. The predicted molar refractivity (Wildman–Crippen MR) is 86.6 cm³/mol. The van der Waals surface area contributed by atoms with Crippen LogP contribution in [0.1, 0.15) is 11.1 Å². The summed E-state index contributed by atoms with van der Waals surface area (Å²) < 4.78 is 0. The summed E-state index contributed by atoms with van der Waals surface area (Å²) in [5.41, 5.74) is -0.981. The molecule has 102 valence electrons. The van der Waals surface area contributed by atoms with Crippen molar-refractivity contribution in [3.63, 3.8) is 0 Å². The van der Waals surface area contributed by atoms with E-state index in [0.717, 1.165) is 20.9 Å². The van der Waals surface area contributed by atoms with Gasteiger partial charge in [-0.3, -0.25) is 0 Å². The van der Waals surface area contributed by atoms with Crippen molar-refractivity contribution in [2.24, 2.45) is 0 Å². The molecule has 19 heavy (non-hydrogen) atoms. The zero-order chi connectivity index (χ0) is 14.0. The number of aryl methyl sites for hydroxylation is 2. The average Bonchev–Trinajstić information content (AvgIpc) is 2.33. The van der Waals surface area contributed by atoms with Gasteiger partial charge in [0.1, 0.15) is 0 Å². The normalized spacial score (nSPS) is 11.9. The highest BCUT2D eigenvalue weighted by molar-refractivity contribution is 8.65. The van der Waals surface area contributed by atoms with Crippen molar-refractivity contribution in [3.8, 4) is 0 Å². The maximum absolute atomic E-state index is 10.1. The quantitative estimate of drug-likeness (QED) is 0.581. The van der Waals surface area contributed by atoms with Crippen LogP contribution in [0.4, 0.5) is 0 Å². The summed E-state index contributed by atoms with van der Waals surface area (Å²) in [5.74, 6) is 0. The summed E-state index contributed by atoms with van der Waals surface area (Å²) in [6.45, 7) is 4.02. The fourth-order valence-corrected chi connectivity index (χ4v) is 7.50. The minimum atomic E-state index is -3.28. The van der Waals surface area contributed by atoms with Gasteiger partial charge < -0.3 is 9.79 Å². The van der Waals surface area contributed by atoms with Gasteiger partial charge in [-0.2, -0.15) is 0 Å². The van der Waals surface area contributed by atoms with Gasteiger partial charge in [-0.05, 0) is 38.1 Å². The lowest BCUT2D eigenvalue weighted by Gasteiger charge is -2.17. The van der Waals surface area contributed by atoms with Crippen molar-refractivity contribution < 1.29 is 9.79 Å². The lowest BCUT2D eigenvalue weighted by molar-refractivity contribution is 0.502. The molecule has 0 saturated carbocycles. The van der Waals surface area contributed by atoms with Gasteiger partial charge in [0.2, 0.25) is 5.69 Å². The predicted octanol–water partition coefficient (Wildman–Crippen LogP) is 3.93. The Hall–Kier alpha value is -0.510. The molecular formula is C14H17O2PS2. The second kappa shape index (κ2) is 5.86. The molecule has 0 aliphatic carbocycles. The topological polar surface area (TPSA) is 40.5 Å². The Morgan fingerprint density at radius 3 is 1.37 bits per heavy atom. The molecule has 2 aromatic rings. The van der Waals surface area contributed by atoms with Crippen molar-refractivity contribution >= 4 is 28.0 Å². The molecule has 5 heteroatoms. The van der Waals surface area contributed by atoms with Crippen LogP contribution in [0.2, 0.25) is 0 Å². The highest BCUT2D eigenvalue weighted by Gasteiger charge is 2.15. The van der Waals surface area contributed by atoms with Crippen molar-refractivity contribution in [1.29, 1.82) is 0 Å². The SMILES string of the molecule is Cc1ccc(S(c2ccc(C)cc2)=P(O)(O)S)cc1. The molecule has 0 radical (unpaired) electrons. The maximum Gasteiger partial charge on any atom is 0.207 e. The molecule has 0 amide bonds. The van der Waals surface area contributed by atoms with Crippen molar-refractivity contribution in [2.75, 3.05) is 0 Å². The van der Waals surface area contributed by atoms with E-state index in [1.807, 2.05) is 62.4 Å². The van der Waals surface area contributed by atoms with Crippen LogP contribution in [-0.4, -0.2) is 9.79 Å². The van der Waals surface area contributed by atoms with Crippen LogP contribution in [-0.2, 0) is 10.1 Å². The van der Waals surface area contributed by atoms with E-state index in [1.165, 1.54) is 0 Å². The van der Waals surface area contributed by atoms with Crippen LogP contribution in [0.25, 0.3) is 0 Å². The summed E-state index contributed by atoms with van der Waals surface area (Å²) >= 11 is 4.06. The van der Waals surface area contributed by atoms with E-state index < -0.39 is 15.8 Å². The first kappa shape index (κ1) is 14.9. The summed E-state index contributed by atoms with van der Waals surface area (Å²) in [6.07, 6.45) is 0. The molecule has 0 unspecified atom stereocenters. The zero-order valence-electron chi connectivity index (χ0n) is 10.8. The van der Waals surface area contributed by atoms with Crippen molar-refractivity contribution in [3.05, 3.63) is 59.7 Å². The van der Waals surface area contributed by atoms with Crippen LogP contribution in [0.15, 0.2) is 58.3 Å². The minimum Gasteiger partial charge on any atom is -0.341 e. The Morgan fingerprint density at radius 1 is 0.789 bits per heavy atom. The Balaban J connectivity index is 2.62. The third-order valence-corrected chi connectivity index (χ3v) is 8.87. The largest absolute Gasteiger partial charge is 0.341 e. The molecule has 0 saturated heterocycles. The van der Waals surface area contributed by atoms with E-state index in [9.17, 15) is 9.79 Å². The molecule has 2 nitrogen and oxygen atoms in total. The smallest absolute Gasteiger partial charge is 0.207 e. The first-order valence-corrected chi connectivity index (χ1v) is 10.5. The highest BCUT2D eigenvalue weighted by Crippen LogP contribution is 2.51.